The summed E-state index contributed by atoms with van der Waals surface area (Å²) < 4.78 is 0. The molecule has 0 saturated carbocycles. The highest BCUT2D eigenvalue weighted by atomic mass is 16.1. The van der Waals surface area contributed by atoms with Crippen LogP contribution in [0.5, 0.6) is 0 Å². The molecule has 0 N–H and O–H groups in total. The van der Waals surface area contributed by atoms with Crippen LogP contribution in [0.15, 0.2) is 11.6 Å². The molecule has 0 aromatic carbocycles. The molecular weight excluding hydrogens is 136 g/mol. The molecule has 0 radical (unpaired) electrons. The molecule has 0 amide bonds. The van der Waals surface area contributed by atoms with Gasteiger partial charge in [0.2, 0.25) is 0 Å². The molecule has 1 aliphatic rings. The van der Waals surface area contributed by atoms with Crippen molar-refractivity contribution < 1.29 is 4.79 Å². The Morgan fingerprint density at radius 3 is 2.73 bits per heavy atom. The Labute approximate surface area is 68.5 Å². The van der Waals surface area contributed by atoms with Crippen LogP contribution < -0.4 is 0 Å². The summed E-state index contributed by atoms with van der Waals surface area (Å²) in [6.07, 6.45) is 5.09. The summed E-state index contributed by atoms with van der Waals surface area (Å²) in [6, 6.07) is 0. The van der Waals surface area contributed by atoms with Crippen LogP contribution in [0.25, 0.3) is 0 Å². The Morgan fingerprint density at radius 1 is 1.73 bits per heavy atom. The van der Waals surface area contributed by atoms with Crippen molar-refractivity contribution in [3.05, 3.63) is 11.6 Å². The topological polar surface area (TPSA) is 17.1 Å². The molecule has 1 atom stereocenters. The third kappa shape index (κ3) is 1.37. The van der Waals surface area contributed by atoms with E-state index >= 15 is 0 Å². The lowest BCUT2D eigenvalue weighted by molar-refractivity contribution is -0.109. The summed E-state index contributed by atoms with van der Waals surface area (Å²) >= 11 is 0. The quantitative estimate of drug-likeness (QED) is 0.439. The summed E-state index contributed by atoms with van der Waals surface area (Å²) in [4.78, 5) is 10.3. The van der Waals surface area contributed by atoms with E-state index in [2.05, 4.69) is 26.8 Å². The lowest BCUT2D eigenvalue weighted by Crippen LogP contribution is -2.20. The first kappa shape index (κ1) is 8.51. The third-order valence-electron chi connectivity index (χ3n) is 3.13. The first-order valence-electron chi connectivity index (χ1n) is 4.20. The van der Waals surface area contributed by atoms with Gasteiger partial charge in [-0.25, -0.2) is 0 Å². The van der Waals surface area contributed by atoms with Crippen molar-refractivity contribution in [2.75, 3.05) is 0 Å². The predicted octanol–water partition coefficient (Wildman–Crippen LogP) is 2.57. The second-order valence-corrected chi connectivity index (χ2v) is 3.94. The molecule has 11 heavy (non-hydrogen) atoms. The zero-order valence-electron chi connectivity index (χ0n) is 7.55. The Kier molecular flexibility index (Phi) is 2.17. The third-order valence-corrected chi connectivity index (χ3v) is 3.13. The number of allylic oxidation sites excluding steroid dienone is 2. The number of carbonyl (C=O) groups excluding carboxylic acids is 1. The van der Waals surface area contributed by atoms with E-state index in [1.807, 2.05) is 0 Å². The monoisotopic (exact) mass is 152 g/mol. The highest BCUT2D eigenvalue weighted by molar-refractivity contribution is 5.50. The van der Waals surface area contributed by atoms with E-state index in [9.17, 15) is 4.79 Å². The van der Waals surface area contributed by atoms with Crippen molar-refractivity contribution in [2.45, 2.75) is 33.6 Å². The Balaban J connectivity index is 2.69. The van der Waals surface area contributed by atoms with Crippen molar-refractivity contribution in [3.8, 4) is 0 Å². The van der Waals surface area contributed by atoms with E-state index in [0.717, 1.165) is 12.7 Å². The summed E-state index contributed by atoms with van der Waals surface area (Å²) in [5.74, 6) is 0.542. The second-order valence-electron chi connectivity index (χ2n) is 3.94. The Hall–Kier alpha value is -0.590. The molecule has 0 saturated heterocycles. The first-order chi connectivity index (χ1) is 5.09. The number of hydrogen-bond acceptors (Lipinski definition) is 1. The van der Waals surface area contributed by atoms with Gasteiger partial charge in [0, 0.05) is 6.42 Å². The summed E-state index contributed by atoms with van der Waals surface area (Å²) in [5, 5.41) is 0. The van der Waals surface area contributed by atoms with Crippen LogP contribution >= 0.6 is 0 Å². The molecule has 0 unspecified atom stereocenters. The van der Waals surface area contributed by atoms with Crippen LogP contribution in [0.2, 0.25) is 0 Å². The predicted molar refractivity (Wildman–Crippen MR) is 46.3 cm³/mol. The molecule has 1 rings (SSSR count). The van der Waals surface area contributed by atoms with Crippen LogP contribution in [0.1, 0.15) is 33.6 Å². The van der Waals surface area contributed by atoms with Crippen LogP contribution in [-0.4, -0.2) is 6.29 Å². The molecule has 62 valence electrons. The van der Waals surface area contributed by atoms with Crippen molar-refractivity contribution in [2.24, 2.45) is 11.3 Å². The van der Waals surface area contributed by atoms with E-state index in [1.54, 1.807) is 0 Å². The Bertz CT molecular complexity index is 189. The standard InChI is InChI=1S/C10H16O/c1-8-4-5-9(6-7-11)10(8,2)3/h4,7,9H,5-6H2,1-3H3/t9-/m0/s1. The largest absolute Gasteiger partial charge is 0.303 e. The van der Waals surface area contributed by atoms with Gasteiger partial charge in [-0.1, -0.05) is 25.5 Å². The molecule has 1 heteroatoms. The lowest BCUT2D eigenvalue weighted by Gasteiger charge is -2.28. The van der Waals surface area contributed by atoms with Gasteiger partial charge >= 0.3 is 0 Å². The van der Waals surface area contributed by atoms with Gasteiger partial charge < -0.3 is 4.79 Å². The maximum Gasteiger partial charge on any atom is 0.120 e. The SMILES string of the molecule is CC1=CC[C@@H](CC=O)C1(C)C. The fourth-order valence-electron chi connectivity index (χ4n) is 1.71. The van der Waals surface area contributed by atoms with Crippen LogP contribution in [-0.2, 0) is 4.79 Å². The first-order valence-corrected chi connectivity index (χ1v) is 4.20. The minimum atomic E-state index is 0.251. The van der Waals surface area contributed by atoms with Crippen molar-refractivity contribution in [3.63, 3.8) is 0 Å². The van der Waals surface area contributed by atoms with E-state index in [0.29, 0.717) is 12.3 Å². The summed E-state index contributed by atoms with van der Waals surface area (Å²) in [5.41, 5.74) is 1.69. The zero-order valence-corrected chi connectivity index (χ0v) is 7.55. The average molecular weight is 152 g/mol. The normalized spacial score (nSPS) is 28.3. The molecule has 0 aromatic rings. The van der Waals surface area contributed by atoms with Gasteiger partial charge in [-0.05, 0) is 24.7 Å². The van der Waals surface area contributed by atoms with Gasteiger partial charge in [0.05, 0.1) is 0 Å². The van der Waals surface area contributed by atoms with E-state index in [1.165, 1.54) is 5.57 Å². The maximum absolute atomic E-state index is 10.3. The van der Waals surface area contributed by atoms with Gasteiger partial charge in [-0.3, -0.25) is 0 Å². The van der Waals surface area contributed by atoms with Crippen LogP contribution in [0, 0.1) is 11.3 Å². The molecule has 0 aliphatic heterocycles. The van der Waals surface area contributed by atoms with E-state index in [4.69, 9.17) is 0 Å². The summed E-state index contributed by atoms with van der Waals surface area (Å²) in [7, 11) is 0. The maximum atomic E-state index is 10.3. The van der Waals surface area contributed by atoms with E-state index in [-0.39, 0.29) is 5.41 Å². The molecule has 0 fully saturated rings. The molecule has 0 spiro atoms. The molecule has 0 bridgehead atoms. The fourth-order valence-corrected chi connectivity index (χ4v) is 1.71. The van der Waals surface area contributed by atoms with Crippen molar-refractivity contribution in [1.82, 2.24) is 0 Å². The number of carbonyl (C=O) groups is 1. The minimum Gasteiger partial charge on any atom is -0.303 e. The van der Waals surface area contributed by atoms with Crippen molar-refractivity contribution in [1.29, 1.82) is 0 Å². The highest BCUT2D eigenvalue weighted by Gasteiger charge is 2.34. The summed E-state index contributed by atoms with van der Waals surface area (Å²) in [6.45, 7) is 6.60. The van der Waals surface area contributed by atoms with Gasteiger partial charge in [0.25, 0.3) is 0 Å². The molecule has 0 aromatic heterocycles. The molecular formula is C10H16O. The van der Waals surface area contributed by atoms with Crippen LogP contribution in [0.3, 0.4) is 0 Å². The molecule has 1 nitrogen and oxygen atoms in total. The molecule has 1 aliphatic carbocycles. The highest BCUT2D eigenvalue weighted by Crippen LogP contribution is 2.43. The second kappa shape index (κ2) is 2.80. The average Bonchev–Trinajstić information content (AvgIpc) is 2.16. The molecule has 0 heterocycles. The lowest BCUT2D eigenvalue weighted by atomic mass is 9.76. The van der Waals surface area contributed by atoms with Gasteiger partial charge in [-0.15, -0.1) is 0 Å². The van der Waals surface area contributed by atoms with Gasteiger partial charge in [0.15, 0.2) is 0 Å². The van der Waals surface area contributed by atoms with Gasteiger partial charge in [-0.2, -0.15) is 0 Å². The van der Waals surface area contributed by atoms with Crippen LogP contribution in [0.4, 0.5) is 0 Å². The Morgan fingerprint density at radius 2 is 2.36 bits per heavy atom. The number of aldehydes is 1. The zero-order chi connectivity index (χ0) is 8.48. The fraction of sp³-hybridized carbons (Fsp3) is 0.700. The minimum absolute atomic E-state index is 0.251. The number of rotatable bonds is 2. The number of hydrogen-bond donors (Lipinski definition) is 0. The van der Waals surface area contributed by atoms with E-state index < -0.39 is 0 Å². The van der Waals surface area contributed by atoms with Gasteiger partial charge in [0.1, 0.15) is 6.29 Å². The smallest absolute Gasteiger partial charge is 0.120 e. The van der Waals surface area contributed by atoms with Crippen molar-refractivity contribution >= 4 is 6.29 Å².